The summed E-state index contributed by atoms with van der Waals surface area (Å²) in [6, 6.07) is 9.08. The van der Waals surface area contributed by atoms with Gasteiger partial charge in [0.05, 0.1) is 0 Å². The molecule has 1 unspecified atom stereocenters. The van der Waals surface area contributed by atoms with E-state index in [0.717, 1.165) is 24.1 Å². The van der Waals surface area contributed by atoms with Gasteiger partial charge in [0.1, 0.15) is 0 Å². The van der Waals surface area contributed by atoms with Crippen LogP contribution in [0.15, 0.2) is 28.7 Å². The van der Waals surface area contributed by atoms with E-state index in [1.54, 1.807) is 0 Å². The van der Waals surface area contributed by atoms with Gasteiger partial charge in [-0.3, -0.25) is 9.69 Å². The van der Waals surface area contributed by atoms with Crippen molar-refractivity contribution in [3.05, 3.63) is 34.3 Å². The molecular formula is C17H25BrN2O. The maximum Gasteiger partial charge on any atom is 0.219 e. The third-order valence-electron chi connectivity index (χ3n) is 4.46. The Kier molecular flexibility index (Phi) is 6.24. The highest BCUT2D eigenvalue weighted by Crippen LogP contribution is 2.27. The molecule has 1 amide bonds. The summed E-state index contributed by atoms with van der Waals surface area (Å²) >= 11 is 3.49. The van der Waals surface area contributed by atoms with Crippen molar-refractivity contribution in [2.45, 2.75) is 39.2 Å². The van der Waals surface area contributed by atoms with Gasteiger partial charge in [-0.2, -0.15) is 0 Å². The Hall–Kier alpha value is -0.870. The maximum atomic E-state index is 11.3. The number of amides is 1. The van der Waals surface area contributed by atoms with E-state index in [4.69, 9.17) is 0 Å². The highest BCUT2D eigenvalue weighted by Gasteiger charge is 2.23. The van der Waals surface area contributed by atoms with Gasteiger partial charge >= 0.3 is 0 Å². The first-order valence-corrected chi connectivity index (χ1v) is 8.65. The molecule has 1 saturated heterocycles. The molecule has 0 aromatic heterocycles. The molecule has 1 aromatic rings. The van der Waals surface area contributed by atoms with Crippen LogP contribution in [0.4, 0.5) is 0 Å². The van der Waals surface area contributed by atoms with Gasteiger partial charge in [0.15, 0.2) is 0 Å². The largest absolute Gasteiger partial charge is 0.356 e. The summed E-state index contributed by atoms with van der Waals surface area (Å²) in [7, 11) is 0. The highest BCUT2D eigenvalue weighted by molar-refractivity contribution is 9.10. The number of hydrogen-bond acceptors (Lipinski definition) is 2. The van der Waals surface area contributed by atoms with Crippen molar-refractivity contribution in [3.63, 3.8) is 0 Å². The number of benzene rings is 1. The molecule has 4 heteroatoms. The Balaban J connectivity index is 1.80. The molecule has 2 rings (SSSR count). The second-order valence-corrected chi connectivity index (χ2v) is 6.78. The number of hydrogen-bond donors (Lipinski definition) is 1. The quantitative estimate of drug-likeness (QED) is 0.875. The van der Waals surface area contributed by atoms with Gasteiger partial charge in [-0.05, 0) is 56.5 Å². The van der Waals surface area contributed by atoms with Crippen LogP contribution in [0.5, 0.6) is 0 Å². The van der Waals surface area contributed by atoms with Crippen molar-refractivity contribution >= 4 is 21.8 Å². The summed E-state index contributed by atoms with van der Waals surface area (Å²) in [5.74, 6) is 0.800. The molecule has 116 valence electrons. The summed E-state index contributed by atoms with van der Waals surface area (Å²) in [6.07, 6.45) is 2.93. The topological polar surface area (TPSA) is 32.3 Å². The Morgan fingerprint density at radius 2 is 1.95 bits per heavy atom. The van der Waals surface area contributed by atoms with Crippen LogP contribution in [0.2, 0.25) is 0 Å². The van der Waals surface area contributed by atoms with Crippen molar-refractivity contribution in [2.75, 3.05) is 19.6 Å². The van der Waals surface area contributed by atoms with Crippen molar-refractivity contribution in [3.8, 4) is 0 Å². The van der Waals surface area contributed by atoms with E-state index in [9.17, 15) is 4.79 Å². The fourth-order valence-electron chi connectivity index (χ4n) is 2.88. The molecule has 1 aliphatic heterocycles. The van der Waals surface area contributed by atoms with Crippen molar-refractivity contribution < 1.29 is 4.79 Å². The molecular weight excluding hydrogens is 328 g/mol. The molecule has 21 heavy (non-hydrogen) atoms. The minimum atomic E-state index is 0.167. The number of carbonyl (C=O) groups is 1. The maximum absolute atomic E-state index is 11.3. The number of nitrogens with one attached hydrogen (secondary N) is 1. The fraction of sp³-hybridized carbons (Fsp3) is 0.588. The van der Waals surface area contributed by atoms with Crippen LogP contribution in [0.1, 0.15) is 44.7 Å². The predicted octanol–water partition coefficient (Wildman–Crippen LogP) is 3.75. The summed E-state index contributed by atoms with van der Waals surface area (Å²) in [4.78, 5) is 13.9. The van der Waals surface area contributed by atoms with Crippen LogP contribution in [-0.2, 0) is 4.79 Å². The Morgan fingerprint density at radius 1 is 1.33 bits per heavy atom. The van der Waals surface area contributed by atoms with Gasteiger partial charge in [-0.15, -0.1) is 0 Å². The zero-order valence-electron chi connectivity index (χ0n) is 12.9. The predicted molar refractivity (Wildman–Crippen MR) is 90.2 cm³/mol. The molecule has 1 atom stereocenters. The second kappa shape index (κ2) is 7.95. The van der Waals surface area contributed by atoms with Gasteiger partial charge in [0.2, 0.25) is 5.91 Å². The van der Waals surface area contributed by atoms with Gasteiger partial charge in [0.25, 0.3) is 0 Å². The number of halogens is 1. The molecule has 0 radical (unpaired) electrons. The van der Waals surface area contributed by atoms with Gasteiger partial charge in [-0.25, -0.2) is 0 Å². The van der Waals surface area contributed by atoms with Gasteiger partial charge in [-0.1, -0.05) is 35.0 Å². The lowest BCUT2D eigenvalue weighted by Crippen LogP contribution is -2.39. The number of carbonyl (C=O) groups excluding carboxylic acids is 1. The molecule has 1 fully saturated rings. The van der Waals surface area contributed by atoms with Crippen molar-refractivity contribution in [2.24, 2.45) is 5.92 Å². The Morgan fingerprint density at radius 3 is 2.52 bits per heavy atom. The van der Waals surface area contributed by atoms with Crippen molar-refractivity contribution in [1.82, 2.24) is 10.2 Å². The molecule has 0 aliphatic carbocycles. The minimum Gasteiger partial charge on any atom is -0.356 e. The van der Waals surface area contributed by atoms with Gasteiger partial charge in [0, 0.05) is 23.5 Å². The lowest BCUT2D eigenvalue weighted by atomic mass is 9.94. The fourth-order valence-corrected chi connectivity index (χ4v) is 3.14. The molecule has 1 N–H and O–H groups in total. The van der Waals surface area contributed by atoms with Gasteiger partial charge < -0.3 is 5.32 Å². The lowest BCUT2D eigenvalue weighted by Gasteiger charge is -2.36. The molecule has 1 heterocycles. The van der Waals surface area contributed by atoms with E-state index in [0.29, 0.717) is 18.4 Å². The molecule has 3 nitrogen and oxygen atoms in total. The summed E-state index contributed by atoms with van der Waals surface area (Å²) in [5.41, 5.74) is 1.37. The molecule has 0 saturated carbocycles. The Labute approximate surface area is 136 Å². The van der Waals surface area contributed by atoms with Crippen LogP contribution in [0.3, 0.4) is 0 Å². The average Bonchev–Trinajstić information content (AvgIpc) is 2.53. The van der Waals surface area contributed by atoms with E-state index < -0.39 is 0 Å². The highest BCUT2D eigenvalue weighted by atomic mass is 79.9. The van der Waals surface area contributed by atoms with E-state index in [-0.39, 0.29) is 5.91 Å². The van der Waals surface area contributed by atoms with Crippen molar-refractivity contribution in [1.29, 1.82) is 0 Å². The monoisotopic (exact) mass is 352 g/mol. The second-order valence-electron chi connectivity index (χ2n) is 5.86. The smallest absolute Gasteiger partial charge is 0.219 e. The number of rotatable bonds is 5. The molecule has 1 aromatic carbocycles. The van der Waals surface area contributed by atoms with Crippen LogP contribution < -0.4 is 5.32 Å². The lowest BCUT2D eigenvalue weighted by molar-refractivity contribution is -0.121. The summed E-state index contributed by atoms with van der Waals surface area (Å²) < 4.78 is 1.13. The van der Waals surface area contributed by atoms with E-state index in [1.807, 2.05) is 6.92 Å². The number of likely N-dealkylation sites (tertiary alicyclic amines) is 1. The Bertz CT molecular complexity index is 452. The SMILES string of the molecule is CCC(=O)NCC1CCN(C(C)c2ccc(Br)cc2)CC1. The molecule has 0 bridgehead atoms. The van der Waals surface area contributed by atoms with Crippen LogP contribution in [-0.4, -0.2) is 30.4 Å². The number of piperidine rings is 1. The third-order valence-corrected chi connectivity index (χ3v) is 4.99. The van der Waals surface area contributed by atoms with Crippen LogP contribution in [0.25, 0.3) is 0 Å². The molecule has 0 spiro atoms. The third kappa shape index (κ3) is 4.82. The minimum absolute atomic E-state index is 0.167. The first-order chi connectivity index (χ1) is 10.1. The first kappa shape index (κ1) is 16.5. The normalized spacial score (nSPS) is 18.4. The summed E-state index contributed by atoms with van der Waals surface area (Å²) in [5, 5.41) is 3.02. The first-order valence-electron chi connectivity index (χ1n) is 7.86. The van der Waals surface area contributed by atoms with E-state index in [1.165, 1.54) is 18.4 Å². The van der Waals surface area contributed by atoms with E-state index in [2.05, 4.69) is 57.3 Å². The molecule has 1 aliphatic rings. The average molecular weight is 353 g/mol. The zero-order valence-corrected chi connectivity index (χ0v) is 14.5. The zero-order chi connectivity index (χ0) is 15.2. The van der Waals surface area contributed by atoms with Crippen LogP contribution >= 0.6 is 15.9 Å². The standard InChI is InChI=1S/C17H25BrN2O/c1-3-17(21)19-12-14-8-10-20(11-9-14)13(2)15-4-6-16(18)7-5-15/h4-7,13-14H,3,8-12H2,1-2H3,(H,19,21). The summed E-state index contributed by atoms with van der Waals surface area (Å²) in [6.45, 7) is 7.25. The van der Waals surface area contributed by atoms with Crippen LogP contribution in [0, 0.1) is 5.92 Å². The number of nitrogens with zero attached hydrogens (tertiary/aromatic N) is 1. The van der Waals surface area contributed by atoms with E-state index >= 15 is 0 Å².